The van der Waals surface area contributed by atoms with Gasteiger partial charge in [0.25, 0.3) is 0 Å². The first kappa shape index (κ1) is 21.3. The Morgan fingerprint density at radius 2 is 1.44 bits per heavy atom. The van der Waals surface area contributed by atoms with E-state index >= 15 is 0 Å². The maximum Gasteiger partial charge on any atom is 0.161 e. The Kier molecular flexibility index (Phi) is 5.97. The standard InChI is InChI=1S/C31H23NO2/c1-33-31-19-22(18-26(20-32)29-15-7-11-24-9-3-5-14-28(24)29)16-17-30(31)34-21-25-12-6-10-23-8-2-4-13-27(23)25/h2-19H,21H2,1H3/b26-18-. The number of hydrogen-bond donors (Lipinski definition) is 0. The zero-order valence-electron chi connectivity index (χ0n) is 18.9. The molecule has 0 spiro atoms. The van der Waals surface area contributed by atoms with Crippen LogP contribution in [0.5, 0.6) is 11.5 Å². The predicted octanol–water partition coefficient (Wildman–Crippen LogP) is 7.64. The number of rotatable bonds is 6. The minimum atomic E-state index is 0.437. The SMILES string of the molecule is COc1cc(/C=C(/C#N)c2cccc3ccccc23)ccc1OCc1cccc2ccccc12. The summed E-state index contributed by atoms with van der Waals surface area (Å²) in [6.45, 7) is 0.437. The number of fused-ring (bicyclic) bond motifs is 2. The number of nitriles is 1. The van der Waals surface area contributed by atoms with Gasteiger partial charge in [-0.25, -0.2) is 0 Å². The van der Waals surface area contributed by atoms with Crippen LogP contribution in [0.4, 0.5) is 0 Å². The van der Waals surface area contributed by atoms with Crippen LogP contribution in [0, 0.1) is 11.3 Å². The highest BCUT2D eigenvalue weighted by atomic mass is 16.5. The van der Waals surface area contributed by atoms with Crippen LogP contribution in [0.25, 0.3) is 33.2 Å². The Balaban J connectivity index is 1.44. The topological polar surface area (TPSA) is 42.2 Å². The summed E-state index contributed by atoms with van der Waals surface area (Å²) in [5.41, 5.74) is 3.50. The summed E-state index contributed by atoms with van der Waals surface area (Å²) >= 11 is 0. The highest BCUT2D eigenvalue weighted by molar-refractivity contribution is 6.01. The van der Waals surface area contributed by atoms with Crippen LogP contribution in [0.1, 0.15) is 16.7 Å². The first-order valence-electron chi connectivity index (χ1n) is 11.1. The number of allylic oxidation sites excluding steroid dienone is 1. The van der Waals surface area contributed by atoms with Crippen molar-refractivity contribution in [2.45, 2.75) is 6.61 Å². The minimum absolute atomic E-state index is 0.437. The van der Waals surface area contributed by atoms with E-state index in [4.69, 9.17) is 9.47 Å². The fourth-order valence-corrected chi connectivity index (χ4v) is 4.26. The van der Waals surface area contributed by atoms with Crippen molar-refractivity contribution in [2.75, 3.05) is 7.11 Å². The van der Waals surface area contributed by atoms with E-state index in [-0.39, 0.29) is 0 Å². The van der Waals surface area contributed by atoms with Gasteiger partial charge in [-0.15, -0.1) is 0 Å². The third-order valence-electron chi connectivity index (χ3n) is 5.96. The van der Waals surface area contributed by atoms with Crippen LogP contribution in [0.2, 0.25) is 0 Å². The Labute approximate surface area is 199 Å². The molecule has 3 nitrogen and oxygen atoms in total. The van der Waals surface area contributed by atoms with E-state index in [0.717, 1.165) is 27.5 Å². The Hall–Kier alpha value is -4.55. The second-order valence-corrected chi connectivity index (χ2v) is 8.03. The molecule has 0 bridgehead atoms. The summed E-state index contributed by atoms with van der Waals surface area (Å²) in [6, 6.07) is 36.7. The molecule has 5 rings (SSSR count). The molecule has 0 fully saturated rings. The average molecular weight is 442 g/mol. The summed E-state index contributed by atoms with van der Waals surface area (Å²) in [5.74, 6) is 1.29. The summed E-state index contributed by atoms with van der Waals surface area (Å²) in [5, 5.41) is 14.4. The van der Waals surface area contributed by atoms with Gasteiger partial charge in [0.2, 0.25) is 0 Å². The molecule has 0 saturated carbocycles. The number of methoxy groups -OCH3 is 1. The van der Waals surface area contributed by atoms with Crippen LogP contribution in [-0.2, 0) is 6.61 Å². The predicted molar refractivity (Wildman–Crippen MR) is 139 cm³/mol. The Morgan fingerprint density at radius 3 is 2.21 bits per heavy atom. The van der Waals surface area contributed by atoms with Crippen LogP contribution in [0.15, 0.2) is 103 Å². The number of nitrogens with zero attached hydrogens (tertiary/aromatic N) is 1. The quantitative estimate of drug-likeness (QED) is 0.201. The molecular weight excluding hydrogens is 418 g/mol. The van der Waals surface area contributed by atoms with Crippen molar-refractivity contribution in [1.29, 1.82) is 5.26 Å². The van der Waals surface area contributed by atoms with Gasteiger partial charge in [0.05, 0.1) is 18.8 Å². The van der Waals surface area contributed by atoms with E-state index in [9.17, 15) is 5.26 Å². The first-order chi connectivity index (χ1) is 16.8. The van der Waals surface area contributed by atoms with Crippen molar-refractivity contribution >= 4 is 33.2 Å². The molecule has 0 unspecified atom stereocenters. The molecular formula is C31H23NO2. The van der Waals surface area contributed by atoms with Crippen LogP contribution in [-0.4, -0.2) is 7.11 Å². The molecule has 0 aliphatic carbocycles. The van der Waals surface area contributed by atoms with E-state index in [0.29, 0.717) is 23.7 Å². The smallest absolute Gasteiger partial charge is 0.161 e. The second-order valence-electron chi connectivity index (χ2n) is 8.03. The van der Waals surface area contributed by atoms with Crippen molar-refractivity contribution in [2.24, 2.45) is 0 Å². The maximum absolute atomic E-state index is 9.90. The molecule has 5 aromatic rings. The van der Waals surface area contributed by atoms with E-state index < -0.39 is 0 Å². The van der Waals surface area contributed by atoms with Gasteiger partial charge in [0.1, 0.15) is 6.61 Å². The summed E-state index contributed by atoms with van der Waals surface area (Å²) in [6.07, 6.45) is 1.89. The second kappa shape index (κ2) is 9.52. The maximum atomic E-state index is 9.90. The molecule has 0 aliphatic rings. The molecule has 0 saturated heterocycles. The highest BCUT2D eigenvalue weighted by Gasteiger charge is 2.10. The van der Waals surface area contributed by atoms with Crippen LogP contribution < -0.4 is 9.47 Å². The van der Waals surface area contributed by atoms with Gasteiger partial charge in [-0.3, -0.25) is 0 Å². The van der Waals surface area contributed by atoms with Gasteiger partial charge in [0.15, 0.2) is 11.5 Å². The Morgan fingerprint density at radius 1 is 0.765 bits per heavy atom. The fourth-order valence-electron chi connectivity index (χ4n) is 4.26. The number of benzene rings is 5. The van der Waals surface area contributed by atoms with Crippen molar-refractivity contribution in [3.05, 3.63) is 120 Å². The molecule has 0 N–H and O–H groups in total. The van der Waals surface area contributed by atoms with E-state index in [1.165, 1.54) is 10.8 Å². The molecule has 34 heavy (non-hydrogen) atoms. The van der Waals surface area contributed by atoms with Crippen molar-refractivity contribution in [3.63, 3.8) is 0 Å². The molecule has 164 valence electrons. The van der Waals surface area contributed by atoms with Gasteiger partial charge in [0, 0.05) is 5.56 Å². The molecule has 0 radical (unpaired) electrons. The molecule has 0 heterocycles. The fraction of sp³-hybridized carbons (Fsp3) is 0.0645. The third kappa shape index (κ3) is 4.22. The van der Waals surface area contributed by atoms with Crippen molar-refractivity contribution < 1.29 is 9.47 Å². The lowest BCUT2D eigenvalue weighted by Gasteiger charge is -2.13. The van der Waals surface area contributed by atoms with Gasteiger partial charge in [-0.2, -0.15) is 5.26 Å². The summed E-state index contributed by atoms with van der Waals surface area (Å²) in [7, 11) is 1.63. The van der Waals surface area contributed by atoms with Crippen LogP contribution >= 0.6 is 0 Å². The van der Waals surface area contributed by atoms with Gasteiger partial charge in [-0.05, 0) is 50.9 Å². The number of ether oxygens (including phenoxy) is 2. The zero-order chi connectivity index (χ0) is 23.3. The van der Waals surface area contributed by atoms with E-state index in [1.807, 2.05) is 72.8 Å². The van der Waals surface area contributed by atoms with Gasteiger partial charge < -0.3 is 9.47 Å². The Bertz CT molecular complexity index is 1550. The first-order valence-corrected chi connectivity index (χ1v) is 11.1. The van der Waals surface area contributed by atoms with Gasteiger partial charge in [-0.1, -0.05) is 91.0 Å². The van der Waals surface area contributed by atoms with E-state index in [1.54, 1.807) is 7.11 Å². The minimum Gasteiger partial charge on any atom is -0.493 e. The molecule has 0 amide bonds. The summed E-state index contributed by atoms with van der Waals surface area (Å²) < 4.78 is 11.8. The van der Waals surface area contributed by atoms with Crippen molar-refractivity contribution in [1.82, 2.24) is 0 Å². The lowest BCUT2D eigenvalue weighted by atomic mass is 9.97. The van der Waals surface area contributed by atoms with E-state index in [2.05, 4.69) is 42.5 Å². The highest BCUT2D eigenvalue weighted by Crippen LogP contribution is 2.32. The monoisotopic (exact) mass is 441 g/mol. The van der Waals surface area contributed by atoms with Crippen molar-refractivity contribution in [3.8, 4) is 17.6 Å². The van der Waals surface area contributed by atoms with Crippen LogP contribution in [0.3, 0.4) is 0 Å². The molecule has 0 aromatic heterocycles. The van der Waals surface area contributed by atoms with Gasteiger partial charge >= 0.3 is 0 Å². The summed E-state index contributed by atoms with van der Waals surface area (Å²) in [4.78, 5) is 0. The third-order valence-corrected chi connectivity index (χ3v) is 5.96. The molecule has 0 atom stereocenters. The molecule has 3 heteroatoms. The largest absolute Gasteiger partial charge is 0.493 e. The normalized spacial score (nSPS) is 11.4. The molecule has 0 aliphatic heterocycles. The lowest BCUT2D eigenvalue weighted by molar-refractivity contribution is 0.285. The lowest BCUT2D eigenvalue weighted by Crippen LogP contribution is -1.99. The average Bonchev–Trinajstić information content (AvgIpc) is 2.90. The zero-order valence-corrected chi connectivity index (χ0v) is 18.9. The molecule has 5 aromatic carbocycles. The number of hydrogen-bond acceptors (Lipinski definition) is 3.